The highest BCUT2D eigenvalue weighted by Crippen LogP contribution is 2.38. The Labute approximate surface area is 175 Å². The first-order chi connectivity index (χ1) is 14.0. The Kier molecular flexibility index (Phi) is 5.42. The van der Waals surface area contributed by atoms with Crippen molar-refractivity contribution < 1.29 is 9.59 Å². The van der Waals surface area contributed by atoms with E-state index in [4.69, 9.17) is 0 Å². The minimum Gasteiger partial charge on any atom is -0.341 e. The Hall–Kier alpha value is -2.65. The molecule has 0 unspecified atom stereocenters. The van der Waals surface area contributed by atoms with Crippen LogP contribution in [0.1, 0.15) is 24.4 Å². The molecule has 0 saturated heterocycles. The van der Waals surface area contributed by atoms with E-state index >= 15 is 0 Å². The monoisotopic (exact) mass is 428 g/mol. The summed E-state index contributed by atoms with van der Waals surface area (Å²) in [7, 11) is 1.44. The number of nitrogens with zero attached hydrogens (tertiary/aromatic N) is 2. The van der Waals surface area contributed by atoms with E-state index in [0.29, 0.717) is 15.4 Å². The molecule has 3 aromatic rings. The fraction of sp³-hybridized carbons (Fsp3) is 0.300. The fourth-order valence-corrected chi connectivity index (χ4v) is 4.85. The van der Waals surface area contributed by atoms with Crippen LogP contribution in [0.4, 0.5) is 4.79 Å². The van der Waals surface area contributed by atoms with Crippen molar-refractivity contribution in [3.8, 4) is 10.4 Å². The number of urea groups is 1. The Balaban J connectivity index is 1.68. The Morgan fingerprint density at radius 3 is 2.66 bits per heavy atom. The van der Waals surface area contributed by atoms with Gasteiger partial charge in [0.25, 0.3) is 5.56 Å². The smallest absolute Gasteiger partial charge is 0.321 e. The first-order valence-corrected chi connectivity index (χ1v) is 11.0. The lowest BCUT2D eigenvalue weighted by atomic mass is 10.1. The van der Waals surface area contributed by atoms with Gasteiger partial charge in [-0.05, 0) is 31.4 Å². The number of thioether (sulfide) groups is 1. The number of aryl methyl sites for hydroxylation is 1. The highest BCUT2D eigenvalue weighted by molar-refractivity contribution is 7.99. The molecule has 2 N–H and O–H groups in total. The number of rotatable bonds is 5. The summed E-state index contributed by atoms with van der Waals surface area (Å²) >= 11 is 2.63. The molecule has 0 atom stereocenters. The molecule has 1 aliphatic rings. The number of carbonyl (C=O) groups is 2. The lowest BCUT2D eigenvalue weighted by molar-refractivity contribution is -0.117. The van der Waals surface area contributed by atoms with Crippen LogP contribution >= 0.6 is 23.1 Å². The maximum absolute atomic E-state index is 13.2. The predicted octanol–water partition coefficient (Wildman–Crippen LogP) is 3.32. The van der Waals surface area contributed by atoms with E-state index in [1.54, 1.807) is 4.57 Å². The third-order valence-electron chi connectivity index (χ3n) is 4.61. The number of imide groups is 1. The molecule has 9 heteroatoms. The molecule has 0 aliphatic heterocycles. The summed E-state index contributed by atoms with van der Waals surface area (Å²) in [6.45, 7) is 2.04. The Morgan fingerprint density at radius 1 is 1.28 bits per heavy atom. The van der Waals surface area contributed by atoms with E-state index in [1.807, 2.05) is 37.3 Å². The number of fused-ring (bicyclic) bond motifs is 1. The number of amides is 3. The number of carbonyl (C=O) groups excluding carboxylic acids is 2. The summed E-state index contributed by atoms with van der Waals surface area (Å²) in [5.41, 5.74) is 2.81. The normalized spacial score (nSPS) is 13.4. The summed E-state index contributed by atoms with van der Waals surface area (Å²) in [5.74, 6) is -0.427. The minimum absolute atomic E-state index is 0.00699. The molecule has 2 aromatic heterocycles. The third kappa shape index (κ3) is 4.20. The van der Waals surface area contributed by atoms with Gasteiger partial charge in [-0.3, -0.25) is 19.5 Å². The van der Waals surface area contributed by atoms with Crippen molar-refractivity contribution in [3.63, 3.8) is 0 Å². The van der Waals surface area contributed by atoms with Crippen molar-refractivity contribution in [1.82, 2.24) is 20.2 Å². The maximum atomic E-state index is 13.2. The van der Waals surface area contributed by atoms with E-state index in [2.05, 4.69) is 15.6 Å². The van der Waals surface area contributed by atoms with Gasteiger partial charge in [-0.2, -0.15) is 0 Å². The summed E-state index contributed by atoms with van der Waals surface area (Å²) in [6, 6.07) is 9.67. The van der Waals surface area contributed by atoms with Gasteiger partial charge in [-0.1, -0.05) is 41.6 Å². The molecule has 0 radical (unpaired) electrons. The lowest BCUT2D eigenvalue weighted by Crippen LogP contribution is -2.38. The van der Waals surface area contributed by atoms with Crippen molar-refractivity contribution >= 4 is 45.3 Å². The van der Waals surface area contributed by atoms with E-state index < -0.39 is 11.9 Å². The summed E-state index contributed by atoms with van der Waals surface area (Å²) in [5, 5.41) is 5.08. The van der Waals surface area contributed by atoms with Crippen LogP contribution in [-0.4, -0.2) is 34.3 Å². The van der Waals surface area contributed by atoms with Crippen molar-refractivity contribution in [1.29, 1.82) is 0 Å². The van der Waals surface area contributed by atoms with Crippen LogP contribution in [0.2, 0.25) is 0 Å². The Bertz CT molecular complexity index is 1150. The predicted molar refractivity (Wildman–Crippen MR) is 116 cm³/mol. The highest BCUT2D eigenvalue weighted by Gasteiger charge is 2.29. The average molecular weight is 429 g/mol. The SMILES string of the molecule is CNC(=O)NC(=O)CSc1nc2cc(-c3ccc(C)cc3)sc2c(=O)n1C1CC1. The second-order valence-electron chi connectivity index (χ2n) is 6.91. The largest absolute Gasteiger partial charge is 0.341 e. The van der Waals surface area contributed by atoms with Crippen LogP contribution in [0.15, 0.2) is 40.3 Å². The van der Waals surface area contributed by atoms with Crippen molar-refractivity contribution in [2.24, 2.45) is 0 Å². The zero-order valence-electron chi connectivity index (χ0n) is 16.0. The summed E-state index contributed by atoms with van der Waals surface area (Å²) in [4.78, 5) is 42.1. The van der Waals surface area contributed by atoms with E-state index in [9.17, 15) is 14.4 Å². The topological polar surface area (TPSA) is 93.1 Å². The van der Waals surface area contributed by atoms with Gasteiger partial charge >= 0.3 is 6.03 Å². The lowest BCUT2D eigenvalue weighted by Gasteiger charge is -2.10. The fourth-order valence-electron chi connectivity index (χ4n) is 2.94. The first-order valence-electron chi connectivity index (χ1n) is 9.23. The molecule has 1 saturated carbocycles. The van der Waals surface area contributed by atoms with Crippen LogP contribution in [0.25, 0.3) is 20.7 Å². The van der Waals surface area contributed by atoms with Gasteiger partial charge in [0.1, 0.15) is 4.70 Å². The molecule has 7 nitrogen and oxygen atoms in total. The zero-order chi connectivity index (χ0) is 20.5. The van der Waals surface area contributed by atoms with Gasteiger partial charge in [-0.25, -0.2) is 9.78 Å². The quantitative estimate of drug-likeness (QED) is 0.480. The molecule has 4 rings (SSSR count). The molecule has 1 aromatic carbocycles. The molecule has 150 valence electrons. The molecular formula is C20H20N4O3S2. The van der Waals surface area contributed by atoms with Gasteiger partial charge in [0.05, 0.1) is 11.3 Å². The van der Waals surface area contributed by atoms with E-state index in [1.165, 1.54) is 35.7 Å². The third-order valence-corrected chi connectivity index (χ3v) is 6.72. The molecular weight excluding hydrogens is 408 g/mol. The second-order valence-corrected chi connectivity index (χ2v) is 8.90. The number of thiophene rings is 1. The Morgan fingerprint density at radius 2 is 2.00 bits per heavy atom. The average Bonchev–Trinajstić information content (AvgIpc) is 3.44. The molecule has 0 spiro atoms. The van der Waals surface area contributed by atoms with Gasteiger partial charge in [0.2, 0.25) is 5.91 Å². The standard InChI is InChI=1S/C20H20N4O3S2/c1-11-3-5-12(6-4-11)15-9-14-17(29-15)18(26)24(13-7-8-13)20(22-14)28-10-16(25)23-19(27)21-2/h3-6,9,13H,7-8,10H2,1-2H3,(H2,21,23,25,27). The summed E-state index contributed by atoms with van der Waals surface area (Å²) in [6.07, 6.45) is 1.86. The van der Waals surface area contributed by atoms with Crippen molar-refractivity contribution in [2.45, 2.75) is 31.0 Å². The van der Waals surface area contributed by atoms with Crippen LogP contribution in [0.3, 0.4) is 0 Å². The van der Waals surface area contributed by atoms with E-state index in [-0.39, 0.29) is 17.4 Å². The second kappa shape index (κ2) is 8.00. The van der Waals surface area contributed by atoms with Gasteiger partial charge in [0.15, 0.2) is 5.16 Å². The minimum atomic E-state index is -0.556. The van der Waals surface area contributed by atoms with Crippen LogP contribution in [-0.2, 0) is 4.79 Å². The molecule has 29 heavy (non-hydrogen) atoms. The van der Waals surface area contributed by atoms with Gasteiger partial charge < -0.3 is 5.32 Å². The molecule has 1 fully saturated rings. The van der Waals surface area contributed by atoms with Crippen molar-refractivity contribution in [2.75, 3.05) is 12.8 Å². The molecule has 0 bridgehead atoms. The molecule has 2 heterocycles. The van der Waals surface area contributed by atoms with Crippen molar-refractivity contribution in [3.05, 3.63) is 46.2 Å². The number of aromatic nitrogens is 2. The van der Waals surface area contributed by atoms with Crippen LogP contribution in [0, 0.1) is 6.92 Å². The number of hydrogen-bond donors (Lipinski definition) is 2. The van der Waals surface area contributed by atoms with Crippen LogP contribution < -0.4 is 16.2 Å². The maximum Gasteiger partial charge on any atom is 0.321 e. The van der Waals surface area contributed by atoms with Gasteiger partial charge in [0, 0.05) is 18.0 Å². The van der Waals surface area contributed by atoms with Crippen LogP contribution in [0.5, 0.6) is 0 Å². The number of nitrogens with one attached hydrogen (secondary N) is 2. The highest BCUT2D eigenvalue weighted by atomic mass is 32.2. The molecule has 1 aliphatic carbocycles. The summed E-state index contributed by atoms with van der Waals surface area (Å²) < 4.78 is 2.34. The van der Waals surface area contributed by atoms with Gasteiger partial charge in [-0.15, -0.1) is 11.3 Å². The first kappa shape index (κ1) is 19.7. The number of benzene rings is 1. The van der Waals surface area contributed by atoms with E-state index in [0.717, 1.165) is 23.3 Å². The zero-order valence-corrected chi connectivity index (χ0v) is 17.7. The molecule has 3 amide bonds. The number of hydrogen-bond acceptors (Lipinski definition) is 6.